The summed E-state index contributed by atoms with van der Waals surface area (Å²) in [5.74, 6) is -0.554. The van der Waals surface area contributed by atoms with Crippen LogP contribution in [0, 0.1) is 5.41 Å². The summed E-state index contributed by atoms with van der Waals surface area (Å²) < 4.78 is 41.8. The summed E-state index contributed by atoms with van der Waals surface area (Å²) in [5.41, 5.74) is 0.176. The van der Waals surface area contributed by atoms with Crippen molar-refractivity contribution in [2.75, 3.05) is 18.4 Å². The molecule has 0 radical (unpaired) electrons. The minimum atomic E-state index is -4.77. The number of aromatic nitrogens is 1. The number of carbonyl (C=O) groups excluding carboxylic acids is 2. The van der Waals surface area contributed by atoms with Crippen molar-refractivity contribution in [2.45, 2.75) is 63.8 Å². The van der Waals surface area contributed by atoms with Gasteiger partial charge in [0.05, 0.1) is 16.3 Å². The van der Waals surface area contributed by atoms with Crippen molar-refractivity contribution < 1.29 is 27.5 Å². The van der Waals surface area contributed by atoms with Crippen LogP contribution in [-0.2, 0) is 9.59 Å². The minimum Gasteiger partial charge on any atom is -0.406 e. The van der Waals surface area contributed by atoms with Gasteiger partial charge in [-0.2, -0.15) is 0 Å². The topological polar surface area (TPSA) is 92.4 Å². The first-order valence-corrected chi connectivity index (χ1v) is 12.0. The maximum atomic E-state index is 12.9. The third kappa shape index (κ3) is 6.35. The Bertz CT molecular complexity index is 998. The lowest BCUT2D eigenvalue weighted by atomic mass is 9.71. The molecule has 2 amide bonds. The number of anilines is 1. The number of thiazole rings is 1. The number of amides is 2. The van der Waals surface area contributed by atoms with Gasteiger partial charge in [0.15, 0.2) is 5.13 Å². The van der Waals surface area contributed by atoms with Gasteiger partial charge in [0.1, 0.15) is 5.75 Å². The van der Waals surface area contributed by atoms with Gasteiger partial charge in [-0.15, -0.1) is 13.2 Å². The molecule has 180 valence electrons. The number of alkyl halides is 3. The largest absolute Gasteiger partial charge is 0.573 e. The fourth-order valence-electron chi connectivity index (χ4n) is 4.68. The molecule has 1 saturated carbocycles. The highest BCUT2D eigenvalue weighted by Crippen LogP contribution is 2.39. The standard InChI is InChI=1S/C22H27F3N4O3S/c23-22(24,25)32-14-6-7-15-17(11-14)33-20(28-15)29-18(30)12-21(8-2-1-3-9-21)13-27-19(31)16-5-4-10-26-16/h6-7,11,16,26H,1-5,8-10,12-13H2,(H,27,31)(H,28,29,30). The van der Waals surface area contributed by atoms with Crippen molar-refractivity contribution >= 4 is 38.5 Å². The maximum absolute atomic E-state index is 12.9. The number of carbonyl (C=O) groups is 2. The van der Waals surface area contributed by atoms with E-state index in [1.165, 1.54) is 18.2 Å². The normalized spacial score (nSPS) is 20.5. The lowest BCUT2D eigenvalue weighted by Crippen LogP contribution is -2.46. The van der Waals surface area contributed by atoms with Crippen LogP contribution in [0.25, 0.3) is 10.2 Å². The summed E-state index contributed by atoms with van der Waals surface area (Å²) >= 11 is 1.09. The zero-order valence-electron chi connectivity index (χ0n) is 18.1. The lowest BCUT2D eigenvalue weighted by Gasteiger charge is -2.37. The molecular formula is C22H27F3N4O3S. The van der Waals surface area contributed by atoms with E-state index in [4.69, 9.17) is 0 Å². The molecule has 2 heterocycles. The number of nitrogens with zero attached hydrogens (tertiary/aromatic N) is 1. The summed E-state index contributed by atoms with van der Waals surface area (Å²) in [7, 11) is 0. The molecule has 2 fully saturated rings. The van der Waals surface area contributed by atoms with Crippen LogP contribution in [0.4, 0.5) is 18.3 Å². The Morgan fingerprint density at radius 2 is 2.00 bits per heavy atom. The van der Waals surface area contributed by atoms with E-state index in [2.05, 4.69) is 25.7 Å². The molecule has 0 spiro atoms. The average molecular weight is 485 g/mol. The summed E-state index contributed by atoms with van der Waals surface area (Å²) in [5, 5.41) is 9.36. The number of benzene rings is 1. The molecule has 7 nitrogen and oxygen atoms in total. The van der Waals surface area contributed by atoms with Crippen LogP contribution in [0.15, 0.2) is 18.2 Å². The van der Waals surface area contributed by atoms with E-state index >= 15 is 0 Å². The predicted molar refractivity (Wildman–Crippen MR) is 119 cm³/mol. The van der Waals surface area contributed by atoms with Crippen molar-refractivity contribution in [2.24, 2.45) is 5.41 Å². The van der Waals surface area contributed by atoms with Crippen LogP contribution < -0.4 is 20.7 Å². The fraction of sp³-hybridized carbons (Fsp3) is 0.591. The lowest BCUT2D eigenvalue weighted by molar-refractivity contribution is -0.274. The molecule has 2 aliphatic rings. The molecule has 1 aliphatic carbocycles. The highest BCUT2D eigenvalue weighted by atomic mass is 32.1. The Balaban J connectivity index is 1.39. The highest BCUT2D eigenvalue weighted by Gasteiger charge is 2.36. The van der Waals surface area contributed by atoms with Crippen molar-refractivity contribution in [1.82, 2.24) is 15.6 Å². The Morgan fingerprint density at radius 3 is 2.70 bits per heavy atom. The Morgan fingerprint density at radius 1 is 1.21 bits per heavy atom. The number of hydrogen-bond acceptors (Lipinski definition) is 6. The third-order valence-corrected chi connectivity index (χ3v) is 7.24. The van der Waals surface area contributed by atoms with Gasteiger partial charge in [0, 0.05) is 19.0 Å². The zero-order valence-corrected chi connectivity index (χ0v) is 18.9. The van der Waals surface area contributed by atoms with E-state index in [9.17, 15) is 22.8 Å². The van der Waals surface area contributed by atoms with E-state index in [1.54, 1.807) is 0 Å². The maximum Gasteiger partial charge on any atom is 0.573 e. The van der Waals surface area contributed by atoms with Gasteiger partial charge in [0.25, 0.3) is 0 Å². The number of ether oxygens (including phenoxy) is 1. The van der Waals surface area contributed by atoms with Gasteiger partial charge in [-0.05, 0) is 49.8 Å². The molecule has 11 heteroatoms. The zero-order chi connectivity index (χ0) is 23.5. The van der Waals surface area contributed by atoms with Crippen molar-refractivity contribution in [3.63, 3.8) is 0 Å². The molecule has 0 bridgehead atoms. The number of halogens is 3. The van der Waals surface area contributed by atoms with Crippen molar-refractivity contribution in [3.05, 3.63) is 18.2 Å². The van der Waals surface area contributed by atoms with Crippen LogP contribution in [0.3, 0.4) is 0 Å². The summed E-state index contributed by atoms with van der Waals surface area (Å²) in [6, 6.07) is 3.72. The van der Waals surface area contributed by atoms with Gasteiger partial charge in [-0.25, -0.2) is 4.98 Å². The van der Waals surface area contributed by atoms with E-state index in [1.807, 2.05) is 0 Å². The predicted octanol–water partition coefficient (Wildman–Crippen LogP) is 4.34. The smallest absolute Gasteiger partial charge is 0.406 e. The molecule has 1 aliphatic heterocycles. The van der Waals surface area contributed by atoms with Crippen LogP contribution in [-0.4, -0.2) is 42.3 Å². The van der Waals surface area contributed by atoms with E-state index in [0.717, 1.165) is 62.8 Å². The van der Waals surface area contributed by atoms with Gasteiger partial charge < -0.3 is 20.7 Å². The first-order valence-electron chi connectivity index (χ1n) is 11.2. The number of hydrogen-bond donors (Lipinski definition) is 3. The summed E-state index contributed by atoms with van der Waals surface area (Å²) in [6.45, 7) is 1.30. The Labute approximate surface area is 193 Å². The van der Waals surface area contributed by atoms with E-state index in [0.29, 0.717) is 21.9 Å². The Hall–Kier alpha value is -2.40. The quantitative estimate of drug-likeness (QED) is 0.544. The van der Waals surface area contributed by atoms with E-state index < -0.39 is 6.36 Å². The molecule has 1 aromatic heterocycles. The first kappa shape index (κ1) is 23.7. The summed E-state index contributed by atoms with van der Waals surface area (Å²) in [4.78, 5) is 29.6. The average Bonchev–Trinajstić information content (AvgIpc) is 3.41. The second-order valence-corrected chi connectivity index (χ2v) is 9.88. The fourth-order valence-corrected chi connectivity index (χ4v) is 5.59. The third-order valence-electron chi connectivity index (χ3n) is 6.30. The molecule has 1 unspecified atom stereocenters. The monoisotopic (exact) mass is 484 g/mol. The minimum absolute atomic E-state index is 0.0130. The van der Waals surface area contributed by atoms with Crippen LogP contribution >= 0.6 is 11.3 Å². The summed E-state index contributed by atoms with van der Waals surface area (Å²) in [6.07, 6.45) is 2.14. The van der Waals surface area contributed by atoms with Gasteiger partial charge in [-0.1, -0.05) is 30.6 Å². The van der Waals surface area contributed by atoms with Crippen LogP contribution in [0.2, 0.25) is 0 Å². The Kier molecular flexibility index (Phi) is 7.08. The van der Waals surface area contributed by atoms with Crippen LogP contribution in [0.1, 0.15) is 51.4 Å². The second-order valence-electron chi connectivity index (χ2n) is 8.85. The second kappa shape index (κ2) is 9.84. The van der Waals surface area contributed by atoms with Gasteiger partial charge in [0.2, 0.25) is 11.8 Å². The number of fused-ring (bicyclic) bond motifs is 1. The molecule has 4 rings (SSSR count). The molecule has 1 saturated heterocycles. The molecule has 2 aromatic rings. The SMILES string of the molecule is O=C(CC1(CNC(=O)C2CCCN2)CCCCC1)Nc1nc2ccc(OC(F)(F)F)cc2s1. The molecule has 3 N–H and O–H groups in total. The van der Waals surface area contributed by atoms with Crippen molar-refractivity contribution in [3.8, 4) is 5.75 Å². The first-order chi connectivity index (χ1) is 15.7. The highest BCUT2D eigenvalue weighted by molar-refractivity contribution is 7.22. The van der Waals surface area contributed by atoms with Crippen molar-refractivity contribution in [1.29, 1.82) is 0 Å². The molecule has 1 aromatic carbocycles. The van der Waals surface area contributed by atoms with Gasteiger partial charge >= 0.3 is 6.36 Å². The van der Waals surface area contributed by atoms with Gasteiger partial charge in [-0.3, -0.25) is 9.59 Å². The van der Waals surface area contributed by atoms with E-state index in [-0.39, 0.29) is 35.4 Å². The molecule has 1 atom stereocenters. The molecular weight excluding hydrogens is 457 g/mol. The van der Waals surface area contributed by atoms with Crippen LogP contribution in [0.5, 0.6) is 5.75 Å². The number of nitrogens with one attached hydrogen (secondary N) is 3. The molecule has 33 heavy (non-hydrogen) atoms. The number of rotatable bonds is 7.